The van der Waals surface area contributed by atoms with Gasteiger partial charge in [-0.2, -0.15) is 0 Å². The number of benzene rings is 1. The van der Waals surface area contributed by atoms with Crippen LogP contribution in [0.1, 0.15) is 5.69 Å². The molecule has 6 nitrogen and oxygen atoms in total. The lowest BCUT2D eigenvalue weighted by atomic mass is 10.3. The van der Waals surface area contributed by atoms with Crippen LogP contribution in [0.5, 0.6) is 0 Å². The summed E-state index contributed by atoms with van der Waals surface area (Å²) in [5.41, 5.74) is 1.24. The summed E-state index contributed by atoms with van der Waals surface area (Å²) >= 11 is 5.98. The Hall–Kier alpha value is -1.70. The molecule has 0 radical (unpaired) electrons. The first-order valence-electron chi connectivity index (χ1n) is 5.28. The number of sulfonamides is 1. The molecule has 8 heteroatoms. The third kappa shape index (κ3) is 3.63. The Morgan fingerprint density at radius 2 is 2.11 bits per heavy atom. The monoisotopic (exact) mass is 298 g/mol. The zero-order valence-corrected chi connectivity index (χ0v) is 11.3. The molecule has 0 atom stereocenters. The summed E-state index contributed by atoms with van der Waals surface area (Å²) in [5.74, 6) is 0. The van der Waals surface area contributed by atoms with E-state index in [-0.39, 0.29) is 4.90 Å². The van der Waals surface area contributed by atoms with Gasteiger partial charge in [0.2, 0.25) is 10.0 Å². The molecule has 3 N–H and O–H groups in total. The third-order valence-electron chi connectivity index (χ3n) is 2.37. The Morgan fingerprint density at radius 1 is 1.32 bits per heavy atom. The van der Waals surface area contributed by atoms with E-state index in [4.69, 9.17) is 16.7 Å². The molecule has 0 amide bonds. The van der Waals surface area contributed by atoms with E-state index in [1.54, 1.807) is 12.3 Å². The Bertz CT molecular complexity index is 676. The van der Waals surface area contributed by atoms with Gasteiger partial charge >= 0.3 is 0 Å². The number of hydrogen-bond acceptors (Lipinski definition) is 5. The van der Waals surface area contributed by atoms with E-state index >= 15 is 0 Å². The summed E-state index contributed by atoms with van der Waals surface area (Å²) in [5, 5.41) is 8.47. The number of anilines is 1. The normalized spacial score (nSPS) is 11.3. The first kappa shape index (κ1) is 13.7. The van der Waals surface area contributed by atoms with Crippen LogP contribution < -0.4 is 10.5 Å². The zero-order chi connectivity index (χ0) is 13.9. The van der Waals surface area contributed by atoms with Gasteiger partial charge in [-0.15, -0.1) is 0 Å². The number of halogens is 1. The van der Waals surface area contributed by atoms with Crippen molar-refractivity contribution in [2.75, 3.05) is 5.32 Å². The van der Waals surface area contributed by atoms with Crippen LogP contribution in [-0.4, -0.2) is 18.4 Å². The molecule has 0 aliphatic heterocycles. The van der Waals surface area contributed by atoms with Gasteiger partial charge in [0.25, 0.3) is 0 Å². The van der Waals surface area contributed by atoms with Gasteiger partial charge in [-0.05, 0) is 24.3 Å². The van der Waals surface area contributed by atoms with Crippen molar-refractivity contribution in [3.8, 4) is 0 Å². The maximum Gasteiger partial charge on any atom is 0.238 e. The molecule has 0 bridgehead atoms. The van der Waals surface area contributed by atoms with E-state index in [2.05, 4.69) is 15.3 Å². The van der Waals surface area contributed by atoms with Crippen LogP contribution in [0.15, 0.2) is 41.7 Å². The van der Waals surface area contributed by atoms with E-state index in [0.717, 1.165) is 5.69 Å². The van der Waals surface area contributed by atoms with Crippen LogP contribution in [0, 0.1) is 0 Å². The van der Waals surface area contributed by atoms with Crippen molar-refractivity contribution in [1.29, 1.82) is 0 Å². The van der Waals surface area contributed by atoms with Crippen molar-refractivity contribution in [2.45, 2.75) is 11.4 Å². The Kier molecular flexibility index (Phi) is 3.98. The average Bonchev–Trinajstić information content (AvgIpc) is 2.37. The van der Waals surface area contributed by atoms with Gasteiger partial charge in [0, 0.05) is 6.20 Å². The topological polar surface area (TPSA) is 98.0 Å². The van der Waals surface area contributed by atoms with Crippen LogP contribution in [0.2, 0.25) is 5.02 Å². The van der Waals surface area contributed by atoms with E-state index < -0.39 is 10.0 Å². The Balaban J connectivity index is 2.21. The number of hydrogen-bond donors (Lipinski definition) is 2. The van der Waals surface area contributed by atoms with E-state index in [9.17, 15) is 8.42 Å². The van der Waals surface area contributed by atoms with Crippen LogP contribution in [0.25, 0.3) is 0 Å². The van der Waals surface area contributed by atoms with Crippen molar-refractivity contribution < 1.29 is 8.42 Å². The van der Waals surface area contributed by atoms with Gasteiger partial charge in [-0.3, -0.25) is 0 Å². The first-order valence-corrected chi connectivity index (χ1v) is 7.20. The number of aromatic nitrogens is 2. The quantitative estimate of drug-likeness (QED) is 0.889. The lowest BCUT2D eigenvalue weighted by Gasteiger charge is -2.09. The lowest BCUT2D eigenvalue weighted by molar-refractivity contribution is 0.598. The van der Waals surface area contributed by atoms with Gasteiger partial charge in [-0.25, -0.2) is 23.5 Å². The molecule has 0 aliphatic rings. The van der Waals surface area contributed by atoms with Crippen molar-refractivity contribution in [3.05, 3.63) is 47.5 Å². The van der Waals surface area contributed by atoms with E-state index in [1.165, 1.54) is 24.5 Å². The highest BCUT2D eigenvalue weighted by molar-refractivity contribution is 7.89. The van der Waals surface area contributed by atoms with Gasteiger partial charge in [0.15, 0.2) is 0 Å². The zero-order valence-electron chi connectivity index (χ0n) is 9.75. The van der Waals surface area contributed by atoms with Crippen molar-refractivity contribution in [1.82, 2.24) is 9.97 Å². The van der Waals surface area contributed by atoms with E-state index in [1.807, 2.05) is 0 Å². The predicted octanol–water partition coefficient (Wildman–Crippen LogP) is 1.39. The van der Waals surface area contributed by atoms with Crippen molar-refractivity contribution in [2.24, 2.45) is 5.14 Å². The first-order chi connectivity index (χ1) is 8.97. The van der Waals surface area contributed by atoms with Crippen LogP contribution in [0.4, 0.5) is 5.69 Å². The molecule has 1 aromatic heterocycles. The molecule has 2 aromatic rings. The molecular weight excluding hydrogens is 288 g/mol. The molecule has 2 rings (SSSR count). The Morgan fingerprint density at radius 3 is 2.74 bits per heavy atom. The highest BCUT2D eigenvalue weighted by Gasteiger charge is 2.10. The standard InChI is InChI=1S/C11H11ClN4O2S/c12-10-2-1-9(19(13,17)18)5-11(10)15-6-8-3-4-14-7-16-8/h1-5,7,15H,6H2,(H2,13,17,18). The lowest BCUT2D eigenvalue weighted by Crippen LogP contribution is -2.12. The van der Waals surface area contributed by atoms with Crippen LogP contribution in [-0.2, 0) is 16.6 Å². The second-order valence-electron chi connectivity index (χ2n) is 3.74. The highest BCUT2D eigenvalue weighted by atomic mass is 35.5. The SMILES string of the molecule is NS(=O)(=O)c1ccc(Cl)c(NCc2ccncn2)c1. The van der Waals surface area contributed by atoms with Gasteiger partial charge in [-0.1, -0.05) is 11.6 Å². The van der Waals surface area contributed by atoms with Gasteiger partial charge in [0.05, 0.1) is 27.8 Å². The maximum absolute atomic E-state index is 11.3. The largest absolute Gasteiger partial charge is 0.378 e. The minimum Gasteiger partial charge on any atom is -0.378 e. The number of nitrogens with one attached hydrogen (secondary N) is 1. The summed E-state index contributed by atoms with van der Waals surface area (Å²) in [7, 11) is -3.75. The molecule has 19 heavy (non-hydrogen) atoms. The maximum atomic E-state index is 11.3. The van der Waals surface area contributed by atoms with Crippen molar-refractivity contribution in [3.63, 3.8) is 0 Å². The molecule has 1 aromatic carbocycles. The number of rotatable bonds is 4. The van der Waals surface area contributed by atoms with Crippen LogP contribution >= 0.6 is 11.6 Å². The van der Waals surface area contributed by atoms with Gasteiger partial charge in [0.1, 0.15) is 6.33 Å². The fourth-order valence-corrected chi connectivity index (χ4v) is 2.15. The third-order valence-corrected chi connectivity index (χ3v) is 3.61. The van der Waals surface area contributed by atoms with Crippen LogP contribution in [0.3, 0.4) is 0 Å². The fourth-order valence-electron chi connectivity index (χ4n) is 1.43. The molecule has 0 aliphatic carbocycles. The smallest absolute Gasteiger partial charge is 0.238 e. The van der Waals surface area contributed by atoms with Gasteiger partial charge < -0.3 is 5.32 Å². The summed E-state index contributed by atoms with van der Waals surface area (Å²) in [6.07, 6.45) is 3.05. The summed E-state index contributed by atoms with van der Waals surface area (Å²) in [4.78, 5) is 7.84. The second kappa shape index (κ2) is 5.52. The molecule has 0 saturated carbocycles. The summed E-state index contributed by atoms with van der Waals surface area (Å²) in [6, 6.07) is 5.96. The molecule has 0 saturated heterocycles. The molecule has 1 heterocycles. The highest BCUT2D eigenvalue weighted by Crippen LogP contribution is 2.25. The summed E-state index contributed by atoms with van der Waals surface area (Å²) in [6.45, 7) is 0.399. The summed E-state index contributed by atoms with van der Waals surface area (Å²) < 4.78 is 22.5. The Labute approximate surface area is 115 Å². The minimum atomic E-state index is -3.75. The predicted molar refractivity (Wildman–Crippen MR) is 72.2 cm³/mol. The molecule has 0 unspecified atom stereocenters. The second-order valence-corrected chi connectivity index (χ2v) is 5.71. The minimum absolute atomic E-state index is 0.00193. The molecule has 0 spiro atoms. The number of nitrogens with zero attached hydrogens (tertiary/aromatic N) is 2. The van der Waals surface area contributed by atoms with E-state index in [0.29, 0.717) is 17.3 Å². The molecule has 100 valence electrons. The average molecular weight is 299 g/mol. The molecule has 0 fully saturated rings. The number of primary sulfonamides is 1. The fraction of sp³-hybridized carbons (Fsp3) is 0.0909. The number of nitrogens with two attached hydrogens (primary N) is 1. The molecular formula is C11H11ClN4O2S. The van der Waals surface area contributed by atoms with Crippen molar-refractivity contribution >= 4 is 27.3 Å².